The van der Waals surface area contributed by atoms with E-state index < -0.39 is 0 Å². The number of methoxy groups -OCH3 is 1. The van der Waals surface area contributed by atoms with Gasteiger partial charge in [0.05, 0.1) is 12.5 Å². The first-order chi connectivity index (χ1) is 8.63. The largest absolute Gasteiger partial charge is 0.496 e. The lowest BCUT2D eigenvalue weighted by Gasteiger charge is -2.17. The van der Waals surface area contributed by atoms with Gasteiger partial charge in [0.25, 0.3) is 0 Å². The van der Waals surface area contributed by atoms with E-state index in [2.05, 4.69) is 35.0 Å². The van der Waals surface area contributed by atoms with E-state index in [0.29, 0.717) is 5.92 Å². The third-order valence-corrected chi connectivity index (χ3v) is 6.00. The minimum absolute atomic E-state index is 0.104. The molecule has 2 fully saturated rings. The Kier molecular flexibility index (Phi) is 3.36. The fourth-order valence-electron chi connectivity index (χ4n) is 3.58. The number of ether oxygens (including phenoxy) is 1. The van der Waals surface area contributed by atoms with Crippen molar-refractivity contribution in [1.82, 2.24) is 0 Å². The van der Waals surface area contributed by atoms with Gasteiger partial charge in [0.1, 0.15) is 5.75 Å². The number of hydrogen-bond acceptors (Lipinski definition) is 1. The van der Waals surface area contributed by atoms with Crippen molar-refractivity contribution < 1.29 is 4.74 Å². The molecule has 0 saturated heterocycles. The molecule has 2 aliphatic carbocycles. The van der Waals surface area contributed by atoms with Crippen LogP contribution in [0.2, 0.25) is 0 Å². The van der Waals surface area contributed by atoms with Crippen LogP contribution >= 0.6 is 27.5 Å². The molecule has 2 saturated carbocycles. The second kappa shape index (κ2) is 4.72. The average Bonchev–Trinajstić information content (AvgIpc) is 2.84. The summed E-state index contributed by atoms with van der Waals surface area (Å²) in [4.78, 5) is 0. The van der Waals surface area contributed by atoms with E-state index in [4.69, 9.17) is 16.3 Å². The molecule has 3 rings (SSSR count). The number of alkyl halides is 1. The van der Waals surface area contributed by atoms with Crippen molar-refractivity contribution in [1.29, 1.82) is 0 Å². The summed E-state index contributed by atoms with van der Waals surface area (Å²) in [6.07, 6.45) is 4.13. The number of fused-ring (bicyclic) bond motifs is 1. The first-order valence-corrected chi connectivity index (χ1v) is 7.84. The van der Waals surface area contributed by atoms with E-state index in [1.54, 1.807) is 7.11 Å². The standard InChI is InChI=1S/C15H18BrClO/c1-8-6-13(18-2)11(7-12(8)16)15(17)14-9-4-3-5-10(9)14/h6-7,9-10,14-15H,3-5H2,1-2H3. The van der Waals surface area contributed by atoms with Crippen molar-refractivity contribution in [3.63, 3.8) is 0 Å². The molecule has 0 amide bonds. The monoisotopic (exact) mass is 328 g/mol. The zero-order valence-corrected chi connectivity index (χ0v) is 13.1. The molecule has 0 bridgehead atoms. The summed E-state index contributed by atoms with van der Waals surface area (Å²) in [7, 11) is 1.73. The topological polar surface area (TPSA) is 9.23 Å². The Morgan fingerprint density at radius 2 is 2.00 bits per heavy atom. The summed E-state index contributed by atoms with van der Waals surface area (Å²) in [5, 5.41) is 0.104. The molecule has 18 heavy (non-hydrogen) atoms. The zero-order chi connectivity index (χ0) is 12.9. The van der Waals surface area contributed by atoms with Gasteiger partial charge in [0, 0.05) is 10.0 Å². The summed E-state index contributed by atoms with van der Waals surface area (Å²) >= 11 is 10.3. The molecule has 3 unspecified atom stereocenters. The van der Waals surface area contributed by atoms with Crippen LogP contribution in [0.4, 0.5) is 0 Å². The number of hydrogen-bond donors (Lipinski definition) is 0. The predicted octanol–water partition coefficient (Wildman–Crippen LogP) is 5.09. The van der Waals surface area contributed by atoms with Crippen molar-refractivity contribution in [3.05, 3.63) is 27.7 Å². The molecule has 3 atom stereocenters. The third kappa shape index (κ3) is 1.98. The van der Waals surface area contributed by atoms with Crippen LogP contribution in [0, 0.1) is 24.7 Å². The number of benzene rings is 1. The smallest absolute Gasteiger partial charge is 0.123 e. The normalized spacial score (nSPS) is 31.0. The molecule has 1 nitrogen and oxygen atoms in total. The lowest BCUT2D eigenvalue weighted by molar-refractivity contribution is 0.405. The highest BCUT2D eigenvalue weighted by atomic mass is 79.9. The third-order valence-electron chi connectivity index (χ3n) is 4.62. The average molecular weight is 330 g/mol. The van der Waals surface area contributed by atoms with Crippen molar-refractivity contribution in [2.24, 2.45) is 17.8 Å². The molecular formula is C15H18BrClO. The molecule has 1 aromatic carbocycles. The van der Waals surface area contributed by atoms with Crippen LogP contribution in [-0.4, -0.2) is 7.11 Å². The van der Waals surface area contributed by atoms with Gasteiger partial charge in [-0.3, -0.25) is 0 Å². The SMILES string of the molecule is COc1cc(C)c(Br)cc1C(Cl)C1C2CCCC21. The number of halogens is 2. The highest BCUT2D eigenvalue weighted by molar-refractivity contribution is 9.10. The van der Waals surface area contributed by atoms with E-state index in [-0.39, 0.29) is 5.38 Å². The van der Waals surface area contributed by atoms with Crippen LogP contribution in [0.25, 0.3) is 0 Å². The van der Waals surface area contributed by atoms with Crippen LogP contribution in [0.15, 0.2) is 16.6 Å². The van der Waals surface area contributed by atoms with Gasteiger partial charge < -0.3 is 4.74 Å². The van der Waals surface area contributed by atoms with E-state index in [1.807, 2.05) is 0 Å². The highest BCUT2D eigenvalue weighted by Crippen LogP contribution is 2.64. The molecule has 0 aliphatic heterocycles. The predicted molar refractivity (Wildman–Crippen MR) is 78.3 cm³/mol. The van der Waals surface area contributed by atoms with Gasteiger partial charge >= 0.3 is 0 Å². The van der Waals surface area contributed by atoms with Crippen LogP contribution < -0.4 is 4.74 Å². The van der Waals surface area contributed by atoms with Crippen molar-refractivity contribution >= 4 is 27.5 Å². The molecule has 0 N–H and O–H groups in total. The van der Waals surface area contributed by atoms with E-state index >= 15 is 0 Å². The van der Waals surface area contributed by atoms with E-state index in [1.165, 1.54) is 24.8 Å². The number of rotatable bonds is 3. The molecule has 98 valence electrons. The molecule has 0 radical (unpaired) electrons. The summed E-state index contributed by atoms with van der Waals surface area (Å²) in [6, 6.07) is 4.22. The fraction of sp³-hybridized carbons (Fsp3) is 0.600. The molecule has 2 aliphatic rings. The Bertz CT molecular complexity index is 464. The van der Waals surface area contributed by atoms with Gasteiger partial charge in [-0.05, 0) is 55.2 Å². The fourth-order valence-corrected chi connectivity index (χ4v) is 4.49. The van der Waals surface area contributed by atoms with Gasteiger partial charge in [0.2, 0.25) is 0 Å². The van der Waals surface area contributed by atoms with Gasteiger partial charge in [-0.15, -0.1) is 11.6 Å². The van der Waals surface area contributed by atoms with Gasteiger partial charge in [0.15, 0.2) is 0 Å². The van der Waals surface area contributed by atoms with E-state index in [0.717, 1.165) is 27.6 Å². The lowest BCUT2D eigenvalue weighted by Crippen LogP contribution is -2.02. The molecule has 0 aromatic heterocycles. The second-order valence-electron chi connectivity index (χ2n) is 5.58. The van der Waals surface area contributed by atoms with Gasteiger partial charge in [-0.2, -0.15) is 0 Å². The van der Waals surface area contributed by atoms with Crippen LogP contribution in [0.5, 0.6) is 5.75 Å². The molecular weight excluding hydrogens is 312 g/mol. The minimum atomic E-state index is 0.104. The highest BCUT2D eigenvalue weighted by Gasteiger charge is 2.56. The Labute approximate surface area is 122 Å². The van der Waals surface area contributed by atoms with Crippen LogP contribution in [0.1, 0.15) is 35.8 Å². The van der Waals surface area contributed by atoms with Crippen LogP contribution in [-0.2, 0) is 0 Å². The van der Waals surface area contributed by atoms with Crippen molar-refractivity contribution in [2.75, 3.05) is 7.11 Å². The quantitative estimate of drug-likeness (QED) is 0.702. The maximum absolute atomic E-state index is 6.71. The Morgan fingerprint density at radius 3 is 2.61 bits per heavy atom. The van der Waals surface area contributed by atoms with Gasteiger partial charge in [-0.1, -0.05) is 22.4 Å². The molecule has 3 heteroatoms. The maximum Gasteiger partial charge on any atom is 0.123 e. The summed E-state index contributed by atoms with van der Waals surface area (Å²) in [6.45, 7) is 2.07. The zero-order valence-electron chi connectivity index (χ0n) is 10.7. The molecule has 1 aromatic rings. The summed E-state index contributed by atoms with van der Waals surface area (Å²) in [5.74, 6) is 3.35. The van der Waals surface area contributed by atoms with Crippen molar-refractivity contribution in [2.45, 2.75) is 31.6 Å². The minimum Gasteiger partial charge on any atom is -0.496 e. The summed E-state index contributed by atoms with van der Waals surface area (Å²) in [5.41, 5.74) is 2.34. The number of aryl methyl sites for hydroxylation is 1. The van der Waals surface area contributed by atoms with Gasteiger partial charge in [-0.25, -0.2) is 0 Å². The maximum atomic E-state index is 6.71. The van der Waals surface area contributed by atoms with E-state index in [9.17, 15) is 0 Å². The summed E-state index contributed by atoms with van der Waals surface area (Å²) < 4.78 is 6.62. The Hall–Kier alpha value is -0.210. The lowest BCUT2D eigenvalue weighted by atomic mass is 10.0. The molecule has 0 spiro atoms. The van der Waals surface area contributed by atoms with Crippen molar-refractivity contribution in [3.8, 4) is 5.75 Å². The first-order valence-electron chi connectivity index (χ1n) is 6.61. The molecule has 0 heterocycles. The first kappa shape index (κ1) is 12.8. The Balaban J connectivity index is 1.89. The van der Waals surface area contributed by atoms with Crippen LogP contribution in [0.3, 0.4) is 0 Å². The Morgan fingerprint density at radius 1 is 1.33 bits per heavy atom. The second-order valence-corrected chi connectivity index (χ2v) is 6.91.